The number of nitrogens with zero attached hydrogens (tertiary/aromatic N) is 3. The predicted molar refractivity (Wildman–Crippen MR) is 75.0 cm³/mol. The topological polar surface area (TPSA) is 61.9 Å². The predicted octanol–water partition coefficient (Wildman–Crippen LogP) is 2.08. The first-order valence-corrected chi connectivity index (χ1v) is 6.96. The van der Waals surface area contributed by atoms with Crippen molar-refractivity contribution in [1.29, 1.82) is 0 Å². The maximum atomic E-state index is 11.6. The van der Waals surface area contributed by atoms with Crippen molar-refractivity contribution in [2.45, 2.75) is 32.2 Å². The van der Waals surface area contributed by atoms with Crippen LogP contribution in [0.5, 0.6) is 0 Å². The number of amides is 1. The molecule has 0 aliphatic carbocycles. The second-order valence-corrected chi connectivity index (χ2v) is 5.17. The van der Waals surface area contributed by atoms with Crippen LogP contribution in [0.4, 0.5) is 0 Å². The summed E-state index contributed by atoms with van der Waals surface area (Å²) in [5.74, 6) is 1.69. The van der Waals surface area contributed by atoms with Gasteiger partial charge in [-0.1, -0.05) is 30.3 Å². The summed E-state index contributed by atoms with van der Waals surface area (Å²) in [4.78, 5) is 18.0. The van der Waals surface area contributed by atoms with Gasteiger partial charge in [-0.3, -0.25) is 9.89 Å². The van der Waals surface area contributed by atoms with Gasteiger partial charge in [-0.25, -0.2) is 4.98 Å². The Labute approximate surface area is 118 Å². The van der Waals surface area contributed by atoms with Crippen molar-refractivity contribution >= 4 is 5.91 Å². The average Bonchev–Trinajstić information content (AvgIpc) is 3.07. The van der Waals surface area contributed by atoms with Crippen LogP contribution in [0.2, 0.25) is 0 Å². The number of hydrogen-bond donors (Lipinski definition) is 1. The number of carbonyl (C=O) groups is 1. The van der Waals surface area contributed by atoms with E-state index in [1.807, 2.05) is 23.1 Å². The first-order valence-electron chi connectivity index (χ1n) is 6.96. The normalized spacial score (nSPS) is 18.4. The standard InChI is InChI=1S/C15H18N4O/c1-11(20)19-9-5-8-13(19)15-16-14(17-18-15)10-12-6-3-2-4-7-12/h2-4,6-7,13H,5,8-10H2,1H3,(H,16,17,18)/t13-/m0/s1. The largest absolute Gasteiger partial charge is 0.333 e. The van der Waals surface area contributed by atoms with Crippen molar-refractivity contribution in [3.8, 4) is 0 Å². The summed E-state index contributed by atoms with van der Waals surface area (Å²) < 4.78 is 0. The number of benzene rings is 1. The summed E-state index contributed by atoms with van der Waals surface area (Å²) in [5, 5.41) is 7.29. The first-order chi connectivity index (χ1) is 9.74. The van der Waals surface area contributed by atoms with Crippen molar-refractivity contribution in [2.75, 3.05) is 6.54 Å². The lowest BCUT2D eigenvalue weighted by molar-refractivity contribution is -0.129. The zero-order chi connectivity index (χ0) is 13.9. The van der Waals surface area contributed by atoms with E-state index >= 15 is 0 Å². The summed E-state index contributed by atoms with van der Waals surface area (Å²) in [6.07, 6.45) is 2.70. The Morgan fingerprint density at radius 3 is 2.95 bits per heavy atom. The molecule has 1 saturated heterocycles. The molecule has 2 aromatic rings. The summed E-state index contributed by atoms with van der Waals surface area (Å²) in [7, 11) is 0. The second kappa shape index (κ2) is 5.45. The van der Waals surface area contributed by atoms with E-state index in [1.54, 1.807) is 6.92 Å². The molecule has 1 aliphatic rings. The Bertz CT molecular complexity index is 593. The van der Waals surface area contributed by atoms with E-state index in [0.29, 0.717) is 0 Å². The maximum absolute atomic E-state index is 11.6. The Balaban J connectivity index is 1.75. The van der Waals surface area contributed by atoms with Crippen molar-refractivity contribution in [1.82, 2.24) is 20.1 Å². The lowest BCUT2D eigenvalue weighted by Crippen LogP contribution is -2.28. The van der Waals surface area contributed by atoms with Gasteiger partial charge in [-0.15, -0.1) is 0 Å². The molecule has 0 radical (unpaired) electrons. The van der Waals surface area contributed by atoms with E-state index in [2.05, 4.69) is 27.3 Å². The molecule has 1 aromatic heterocycles. The molecule has 3 rings (SSSR count). The monoisotopic (exact) mass is 270 g/mol. The smallest absolute Gasteiger partial charge is 0.220 e. The number of carbonyl (C=O) groups excluding carboxylic acids is 1. The van der Waals surface area contributed by atoms with Gasteiger partial charge in [0, 0.05) is 19.9 Å². The molecule has 0 saturated carbocycles. The molecule has 5 nitrogen and oxygen atoms in total. The fourth-order valence-electron chi connectivity index (χ4n) is 2.74. The van der Waals surface area contributed by atoms with Crippen LogP contribution in [0.25, 0.3) is 0 Å². The molecule has 1 aromatic carbocycles. The van der Waals surface area contributed by atoms with Gasteiger partial charge < -0.3 is 4.90 Å². The zero-order valence-corrected chi connectivity index (χ0v) is 11.5. The second-order valence-electron chi connectivity index (χ2n) is 5.17. The van der Waals surface area contributed by atoms with E-state index < -0.39 is 0 Å². The lowest BCUT2D eigenvalue weighted by atomic mass is 10.1. The van der Waals surface area contributed by atoms with E-state index in [9.17, 15) is 4.79 Å². The van der Waals surface area contributed by atoms with Crippen LogP contribution in [0, 0.1) is 0 Å². The van der Waals surface area contributed by atoms with Crippen LogP contribution in [-0.2, 0) is 11.2 Å². The zero-order valence-electron chi connectivity index (χ0n) is 11.5. The van der Waals surface area contributed by atoms with Gasteiger partial charge >= 0.3 is 0 Å². The van der Waals surface area contributed by atoms with Gasteiger partial charge in [0.25, 0.3) is 0 Å². The van der Waals surface area contributed by atoms with Crippen LogP contribution in [0.15, 0.2) is 30.3 Å². The average molecular weight is 270 g/mol. The molecule has 20 heavy (non-hydrogen) atoms. The maximum Gasteiger partial charge on any atom is 0.220 e. The molecule has 1 aliphatic heterocycles. The highest BCUT2D eigenvalue weighted by Gasteiger charge is 2.30. The van der Waals surface area contributed by atoms with Crippen molar-refractivity contribution in [3.63, 3.8) is 0 Å². The number of likely N-dealkylation sites (tertiary alicyclic amines) is 1. The summed E-state index contributed by atoms with van der Waals surface area (Å²) in [5.41, 5.74) is 1.20. The molecule has 1 atom stereocenters. The van der Waals surface area contributed by atoms with Crippen LogP contribution >= 0.6 is 0 Å². The summed E-state index contributed by atoms with van der Waals surface area (Å²) >= 11 is 0. The summed E-state index contributed by atoms with van der Waals surface area (Å²) in [6.45, 7) is 2.42. The molecule has 0 unspecified atom stereocenters. The van der Waals surface area contributed by atoms with Gasteiger partial charge in [-0.05, 0) is 18.4 Å². The van der Waals surface area contributed by atoms with Gasteiger partial charge in [0.05, 0.1) is 6.04 Å². The number of aromatic amines is 1. The Morgan fingerprint density at radius 2 is 2.20 bits per heavy atom. The van der Waals surface area contributed by atoms with Crippen molar-refractivity contribution in [3.05, 3.63) is 47.5 Å². The highest BCUT2D eigenvalue weighted by molar-refractivity contribution is 5.74. The van der Waals surface area contributed by atoms with E-state index in [-0.39, 0.29) is 11.9 Å². The van der Waals surface area contributed by atoms with Gasteiger partial charge in [0.15, 0.2) is 5.82 Å². The quantitative estimate of drug-likeness (QED) is 0.928. The van der Waals surface area contributed by atoms with Crippen molar-refractivity contribution < 1.29 is 4.79 Å². The van der Waals surface area contributed by atoms with E-state index in [4.69, 9.17) is 0 Å². The number of hydrogen-bond acceptors (Lipinski definition) is 3. The number of H-pyrrole nitrogens is 1. The van der Waals surface area contributed by atoms with Crippen LogP contribution in [-0.4, -0.2) is 32.5 Å². The van der Waals surface area contributed by atoms with Crippen LogP contribution < -0.4 is 0 Å². The molecule has 104 valence electrons. The minimum atomic E-state index is 0.0354. The van der Waals surface area contributed by atoms with Gasteiger partial charge in [0.2, 0.25) is 5.91 Å². The first kappa shape index (κ1) is 12.8. The minimum absolute atomic E-state index is 0.0354. The molecular formula is C15H18N4O. The van der Waals surface area contributed by atoms with Crippen LogP contribution in [0.3, 0.4) is 0 Å². The third-order valence-electron chi connectivity index (χ3n) is 3.72. The Hall–Kier alpha value is -2.17. The molecule has 0 spiro atoms. The van der Waals surface area contributed by atoms with Crippen molar-refractivity contribution in [2.24, 2.45) is 0 Å². The molecular weight excluding hydrogens is 252 g/mol. The van der Waals surface area contributed by atoms with E-state index in [1.165, 1.54) is 5.56 Å². The molecule has 5 heteroatoms. The summed E-state index contributed by atoms with van der Waals surface area (Å²) in [6, 6.07) is 10.2. The molecule has 1 fully saturated rings. The highest BCUT2D eigenvalue weighted by Crippen LogP contribution is 2.29. The fraction of sp³-hybridized carbons (Fsp3) is 0.400. The number of nitrogens with one attached hydrogen (secondary N) is 1. The SMILES string of the molecule is CC(=O)N1CCC[C@H]1c1n[nH]c(Cc2ccccc2)n1. The minimum Gasteiger partial charge on any atom is -0.333 e. The third kappa shape index (κ3) is 2.57. The van der Waals surface area contributed by atoms with Crippen LogP contribution in [0.1, 0.15) is 43.0 Å². The number of rotatable bonds is 3. The molecule has 1 N–H and O–H groups in total. The Kier molecular flexibility index (Phi) is 3.50. The third-order valence-corrected chi connectivity index (χ3v) is 3.72. The van der Waals surface area contributed by atoms with E-state index in [0.717, 1.165) is 37.5 Å². The molecule has 1 amide bonds. The number of aromatic nitrogens is 3. The molecule has 0 bridgehead atoms. The highest BCUT2D eigenvalue weighted by atomic mass is 16.2. The fourth-order valence-corrected chi connectivity index (χ4v) is 2.74. The molecule has 2 heterocycles. The lowest BCUT2D eigenvalue weighted by Gasteiger charge is -2.20. The Morgan fingerprint density at radius 1 is 1.40 bits per heavy atom. The van der Waals surface area contributed by atoms with Gasteiger partial charge in [0.1, 0.15) is 5.82 Å². The van der Waals surface area contributed by atoms with Gasteiger partial charge in [-0.2, -0.15) is 5.10 Å².